The first-order chi connectivity index (χ1) is 7.76. The third-order valence-corrected chi connectivity index (χ3v) is 2.30. The second kappa shape index (κ2) is 6.12. The standard InChI is InChI=1S/C10H18N4O2/c1-4-7(5-15)14-10-8(16-3)9(11-2)12-6-13-10/h6-7,15H,4-5H2,1-3H3,(H2,11,12,13,14). The zero-order valence-corrected chi connectivity index (χ0v) is 9.82. The normalized spacial score (nSPS) is 12.0. The van der Waals surface area contributed by atoms with E-state index in [1.54, 1.807) is 14.2 Å². The Morgan fingerprint density at radius 3 is 2.62 bits per heavy atom. The molecule has 0 bridgehead atoms. The maximum absolute atomic E-state index is 9.12. The summed E-state index contributed by atoms with van der Waals surface area (Å²) in [4.78, 5) is 8.13. The monoisotopic (exact) mass is 226 g/mol. The van der Waals surface area contributed by atoms with Gasteiger partial charge in [-0.1, -0.05) is 6.92 Å². The summed E-state index contributed by atoms with van der Waals surface area (Å²) in [5.74, 6) is 1.76. The molecule has 0 saturated heterocycles. The molecule has 1 heterocycles. The lowest BCUT2D eigenvalue weighted by Crippen LogP contribution is -2.23. The van der Waals surface area contributed by atoms with Gasteiger partial charge in [0.15, 0.2) is 11.6 Å². The second-order valence-electron chi connectivity index (χ2n) is 3.29. The van der Waals surface area contributed by atoms with Crippen molar-refractivity contribution in [3.8, 4) is 5.75 Å². The molecule has 90 valence electrons. The molecule has 0 aliphatic heterocycles. The van der Waals surface area contributed by atoms with Crippen LogP contribution in [0.1, 0.15) is 13.3 Å². The highest BCUT2D eigenvalue weighted by molar-refractivity contribution is 5.63. The number of hydrogen-bond acceptors (Lipinski definition) is 6. The van der Waals surface area contributed by atoms with E-state index in [9.17, 15) is 0 Å². The number of hydrogen-bond donors (Lipinski definition) is 3. The van der Waals surface area contributed by atoms with Crippen molar-refractivity contribution >= 4 is 11.6 Å². The molecule has 0 aromatic carbocycles. The molecule has 0 fully saturated rings. The first kappa shape index (κ1) is 12.5. The lowest BCUT2D eigenvalue weighted by molar-refractivity contribution is 0.271. The van der Waals surface area contributed by atoms with Crippen molar-refractivity contribution in [2.45, 2.75) is 19.4 Å². The van der Waals surface area contributed by atoms with Crippen LogP contribution in [0.15, 0.2) is 6.33 Å². The third-order valence-electron chi connectivity index (χ3n) is 2.30. The van der Waals surface area contributed by atoms with Crippen LogP contribution in [0.5, 0.6) is 5.75 Å². The topological polar surface area (TPSA) is 79.3 Å². The van der Waals surface area contributed by atoms with Gasteiger partial charge in [-0.15, -0.1) is 0 Å². The van der Waals surface area contributed by atoms with E-state index in [0.717, 1.165) is 6.42 Å². The molecule has 0 amide bonds. The van der Waals surface area contributed by atoms with Crippen LogP contribution in [0.3, 0.4) is 0 Å². The fourth-order valence-corrected chi connectivity index (χ4v) is 1.32. The highest BCUT2D eigenvalue weighted by Gasteiger charge is 2.13. The van der Waals surface area contributed by atoms with E-state index >= 15 is 0 Å². The fourth-order valence-electron chi connectivity index (χ4n) is 1.32. The number of rotatable bonds is 6. The summed E-state index contributed by atoms with van der Waals surface area (Å²) in [6.45, 7) is 2.04. The molecule has 0 spiro atoms. The van der Waals surface area contributed by atoms with Gasteiger partial charge in [0.1, 0.15) is 6.33 Å². The molecular formula is C10H18N4O2. The average Bonchev–Trinajstić information content (AvgIpc) is 2.35. The quantitative estimate of drug-likeness (QED) is 0.663. The number of aliphatic hydroxyl groups is 1. The number of aliphatic hydroxyl groups excluding tert-OH is 1. The molecule has 1 atom stereocenters. The van der Waals surface area contributed by atoms with Crippen LogP contribution < -0.4 is 15.4 Å². The van der Waals surface area contributed by atoms with Crippen molar-refractivity contribution in [2.75, 3.05) is 31.4 Å². The van der Waals surface area contributed by atoms with Gasteiger partial charge in [0.25, 0.3) is 0 Å². The minimum Gasteiger partial charge on any atom is -0.490 e. The molecule has 1 aromatic heterocycles. The molecule has 6 nitrogen and oxygen atoms in total. The van der Waals surface area contributed by atoms with E-state index in [2.05, 4.69) is 20.6 Å². The van der Waals surface area contributed by atoms with E-state index in [0.29, 0.717) is 17.4 Å². The summed E-state index contributed by atoms with van der Waals surface area (Å²) in [6.07, 6.45) is 2.25. The van der Waals surface area contributed by atoms with Crippen molar-refractivity contribution in [2.24, 2.45) is 0 Å². The summed E-state index contributed by atoms with van der Waals surface area (Å²) in [7, 11) is 3.32. The van der Waals surface area contributed by atoms with Gasteiger partial charge in [0.2, 0.25) is 5.75 Å². The van der Waals surface area contributed by atoms with Gasteiger partial charge in [-0.25, -0.2) is 9.97 Å². The Balaban J connectivity index is 2.94. The highest BCUT2D eigenvalue weighted by atomic mass is 16.5. The molecular weight excluding hydrogens is 208 g/mol. The SMILES string of the molecule is CCC(CO)Nc1ncnc(NC)c1OC. The maximum Gasteiger partial charge on any atom is 0.204 e. The number of nitrogens with one attached hydrogen (secondary N) is 2. The number of ether oxygens (including phenoxy) is 1. The summed E-state index contributed by atoms with van der Waals surface area (Å²) in [5.41, 5.74) is 0. The molecule has 0 aliphatic rings. The second-order valence-corrected chi connectivity index (χ2v) is 3.29. The van der Waals surface area contributed by atoms with Crippen LogP contribution in [0.4, 0.5) is 11.6 Å². The molecule has 1 unspecified atom stereocenters. The molecule has 0 aliphatic carbocycles. The van der Waals surface area contributed by atoms with Crippen LogP contribution in [-0.4, -0.2) is 41.9 Å². The number of methoxy groups -OCH3 is 1. The Kier molecular flexibility index (Phi) is 4.78. The predicted octanol–water partition coefficient (Wildman–Crippen LogP) is 0.710. The van der Waals surface area contributed by atoms with Gasteiger partial charge in [0, 0.05) is 7.05 Å². The summed E-state index contributed by atoms with van der Waals surface area (Å²) in [6, 6.07) is -0.0338. The lowest BCUT2D eigenvalue weighted by Gasteiger charge is -2.17. The van der Waals surface area contributed by atoms with Crippen LogP contribution >= 0.6 is 0 Å². The van der Waals surface area contributed by atoms with Crippen LogP contribution in [0.25, 0.3) is 0 Å². The van der Waals surface area contributed by atoms with E-state index < -0.39 is 0 Å². The smallest absolute Gasteiger partial charge is 0.204 e. The van der Waals surface area contributed by atoms with Gasteiger partial charge in [-0.05, 0) is 6.42 Å². The maximum atomic E-state index is 9.12. The summed E-state index contributed by atoms with van der Waals surface area (Å²) >= 11 is 0. The molecule has 1 aromatic rings. The van der Waals surface area contributed by atoms with Crippen molar-refractivity contribution in [1.29, 1.82) is 0 Å². The Hall–Kier alpha value is -1.56. The van der Waals surface area contributed by atoms with Gasteiger partial charge < -0.3 is 20.5 Å². The Labute approximate surface area is 95.1 Å². The predicted molar refractivity (Wildman–Crippen MR) is 62.9 cm³/mol. The third kappa shape index (κ3) is 2.73. The van der Waals surface area contributed by atoms with Gasteiger partial charge >= 0.3 is 0 Å². The van der Waals surface area contributed by atoms with Crippen LogP contribution in [0.2, 0.25) is 0 Å². The first-order valence-electron chi connectivity index (χ1n) is 5.20. The fraction of sp³-hybridized carbons (Fsp3) is 0.600. The summed E-state index contributed by atoms with van der Waals surface area (Å²) < 4.78 is 5.23. The minimum absolute atomic E-state index is 0.0338. The molecule has 16 heavy (non-hydrogen) atoms. The van der Waals surface area contributed by atoms with E-state index in [-0.39, 0.29) is 12.6 Å². The minimum atomic E-state index is -0.0338. The molecule has 1 rings (SSSR count). The number of anilines is 2. The zero-order valence-electron chi connectivity index (χ0n) is 9.82. The van der Waals surface area contributed by atoms with E-state index in [4.69, 9.17) is 9.84 Å². The number of aromatic nitrogens is 2. The largest absolute Gasteiger partial charge is 0.490 e. The average molecular weight is 226 g/mol. The molecule has 3 N–H and O–H groups in total. The highest BCUT2D eigenvalue weighted by Crippen LogP contribution is 2.28. The Morgan fingerprint density at radius 2 is 2.12 bits per heavy atom. The van der Waals surface area contributed by atoms with Crippen molar-refractivity contribution in [3.63, 3.8) is 0 Å². The molecule has 6 heteroatoms. The molecule has 0 saturated carbocycles. The zero-order chi connectivity index (χ0) is 12.0. The Bertz CT molecular complexity index is 329. The van der Waals surface area contributed by atoms with Gasteiger partial charge in [0.05, 0.1) is 19.8 Å². The van der Waals surface area contributed by atoms with Crippen molar-refractivity contribution in [3.05, 3.63) is 6.33 Å². The van der Waals surface area contributed by atoms with Crippen LogP contribution in [0, 0.1) is 0 Å². The lowest BCUT2D eigenvalue weighted by atomic mass is 10.2. The first-order valence-corrected chi connectivity index (χ1v) is 5.20. The van der Waals surface area contributed by atoms with E-state index in [1.165, 1.54) is 6.33 Å². The molecule has 0 radical (unpaired) electrons. The van der Waals surface area contributed by atoms with Gasteiger partial charge in [-0.3, -0.25) is 0 Å². The van der Waals surface area contributed by atoms with Crippen LogP contribution in [-0.2, 0) is 0 Å². The van der Waals surface area contributed by atoms with Gasteiger partial charge in [-0.2, -0.15) is 0 Å². The van der Waals surface area contributed by atoms with Crippen molar-refractivity contribution in [1.82, 2.24) is 9.97 Å². The Morgan fingerprint density at radius 1 is 1.44 bits per heavy atom. The van der Waals surface area contributed by atoms with E-state index in [1.807, 2.05) is 6.92 Å². The van der Waals surface area contributed by atoms with Crippen molar-refractivity contribution < 1.29 is 9.84 Å². The number of nitrogens with zero attached hydrogens (tertiary/aromatic N) is 2. The summed E-state index contributed by atoms with van der Waals surface area (Å²) in [5, 5.41) is 15.1.